The van der Waals surface area contributed by atoms with Crippen LogP contribution in [0.2, 0.25) is 0 Å². The minimum Gasteiger partial charge on any atom is -0.467 e. The second-order valence-electron chi connectivity index (χ2n) is 5.11. The molecule has 4 heteroatoms. The minimum absolute atomic E-state index is 0.0420. The van der Waals surface area contributed by atoms with Crippen LogP contribution < -0.4 is 5.73 Å². The third-order valence-electron chi connectivity index (χ3n) is 3.71. The van der Waals surface area contributed by atoms with Crippen LogP contribution in [0.1, 0.15) is 25.1 Å². The summed E-state index contributed by atoms with van der Waals surface area (Å²) in [6, 6.07) is 13.9. The molecule has 0 saturated heterocycles. The molecule has 3 aromatic rings. The molecule has 1 aromatic carbocycles. The molecule has 108 valence electrons. The molecule has 2 heterocycles. The van der Waals surface area contributed by atoms with Crippen molar-refractivity contribution in [1.29, 1.82) is 0 Å². The number of nitrogens with two attached hydrogens (primary N) is 1. The Kier molecular flexibility index (Phi) is 3.88. The molecule has 3 rings (SSSR count). The highest BCUT2D eigenvalue weighted by atomic mass is 16.3. The highest BCUT2D eigenvalue weighted by Gasteiger charge is 2.24. The summed E-state index contributed by atoms with van der Waals surface area (Å²) in [5.41, 5.74) is 8.49. The van der Waals surface area contributed by atoms with Gasteiger partial charge in [0.2, 0.25) is 0 Å². The molecule has 21 heavy (non-hydrogen) atoms. The minimum atomic E-state index is -0.0811. The fourth-order valence-corrected chi connectivity index (χ4v) is 2.49. The number of hydrogen-bond donors (Lipinski definition) is 1. The summed E-state index contributed by atoms with van der Waals surface area (Å²) < 4.78 is 7.45. The topological polar surface area (TPSA) is 57.0 Å². The molecule has 0 saturated carbocycles. The third kappa shape index (κ3) is 2.76. The molecule has 2 aromatic heterocycles. The number of aromatic nitrogens is 2. The Hall–Kier alpha value is -2.33. The quantitative estimate of drug-likeness (QED) is 0.779. The Morgan fingerprint density at radius 3 is 2.62 bits per heavy atom. The lowest BCUT2D eigenvalue weighted by molar-refractivity contribution is 0.351. The number of furan rings is 1. The lowest BCUT2D eigenvalue weighted by Gasteiger charge is -2.21. The van der Waals surface area contributed by atoms with Gasteiger partial charge in [-0.05, 0) is 24.1 Å². The van der Waals surface area contributed by atoms with E-state index in [1.54, 1.807) is 6.26 Å². The van der Waals surface area contributed by atoms with E-state index in [9.17, 15) is 0 Å². The van der Waals surface area contributed by atoms with E-state index >= 15 is 0 Å². The van der Waals surface area contributed by atoms with Gasteiger partial charge in [-0.1, -0.05) is 37.3 Å². The van der Waals surface area contributed by atoms with Gasteiger partial charge in [0.05, 0.1) is 12.5 Å². The summed E-state index contributed by atoms with van der Waals surface area (Å²) in [6.07, 6.45) is 6.42. The molecular formula is C17H19N3O. The second kappa shape index (κ2) is 5.97. The lowest BCUT2D eigenvalue weighted by Crippen LogP contribution is -2.32. The van der Waals surface area contributed by atoms with E-state index in [-0.39, 0.29) is 12.1 Å². The average Bonchev–Trinajstić information content (AvgIpc) is 3.20. The molecule has 0 aliphatic carbocycles. The monoisotopic (exact) mass is 281 g/mol. The molecule has 0 fully saturated rings. The first-order chi connectivity index (χ1) is 10.3. The van der Waals surface area contributed by atoms with Gasteiger partial charge in [0.15, 0.2) is 0 Å². The standard InChI is InChI=1S/C17H19N3O/c1-2-15(18)17(16-9-6-10-21-16)20-12-14(11-19-20)13-7-4-3-5-8-13/h3-12,15,17H,2,18H2,1H3. The summed E-state index contributed by atoms with van der Waals surface area (Å²) in [5.74, 6) is 0.840. The van der Waals surface area contributed by atoms with Crippen molar-refractivity contribution >= 4 is 0 Å². The van der Waals surface area contributed by atoms with Crippen LogP contribution in [0.15, 0.2) is 65.5 Å². The van der Waals surface area contributed by atoms with E-state index < -0.39 is 0 Å². The Labute approximate surface area is 124 Å². The molecule has 4 nitrogen and oxygen atoms in total. The number of hydrogen-bond acceptors (Lipinski definition) is 3. The van der Waals surface area contributed by atoms with Crippen molar-refractivity contribution in [1.82, 2.24) is 9.78 Å². The van der Waals surface area contributed by atoms with Crippen molar-refractivity contribution in [2.75, 3.05) is 0 Å². The van der Waals surface area contributed by atoms with Gasteiger partial charge in [-0.15, -0.1) is 0 Å². The maximum absolute atomic E-state index is 6.27. The van der Waals surface area contributed by atoms with E-state index in [0.29, 0.717) is 0 Å². The Morgan fingerprint density at radius 1 is 1.14 bits per heavy atom. The third-order valence-corrected chi connectivity index (χ3v) is 3.71. The van der Waals surface area contributed by atoms with Crippen molar-refractivity contribution in [2.24, 2.45) is 5.73 Å². The first-order valence-corrected chi connectivity index (χ1v) is 7.18. The lowest BCUT2D eigenvalue weighted by atomic mass is 10.0. The molecular weight excluding hydrogens is 262 g/mol. The molecule has 0 amide bonds. The van der Waals surface area contributed by atoms with Gasteiger partial charge in [-0.2, -0.15) is 5.10 Å². The van der Waals surface area contributed by atoms with Gasteiger partial charge < -0.3 is 10.2 Å². The zero-order valence-electron chi connectivity index (χ0n) is 12.0. The maximum Gasteiger partial charge on any atom is 0.129 e. The van der Waals surface area contributed by atoms with Gasteiger partial charge >= 0.3 is 0 Å². The summed E-state index contributed by atoms with van der Waals surface area (Å²) in [7, 11) is 0. The van der Waals surface area contributed by atoms with Crippen LogP contribution in [0.5, 0.6) is 0 Å². The zero-order valence-corrected chi connectivity index (χ0v) is 12.0. The van der Waals surface area contributed by atoms with Crippen LogP contribution in [-0.2, 0) is 0 Å². The van der Waals surface area contributed by atoms with Gasteiger partial charge in [0.1, 0.15) is 11.8 Å². The van der Waals surface area contributed by atoms with E-state index in [4.69, 9.17) is 10.2 Å². The van der Waals surface area contributed by atoms with E-state index in [1.807, 2.05) is 47.4 Å². The molecule has 2 N–H and O–H groups in total. The van der Waals surface area contributed by atoms with Gasteiger partial charge in [0.25, 0.3) is 0 Å². The van der Waals surface area contributed by atoms with Crippen molar-refractivity contribution in [3.63, 3.8) is 0 Å². The number of benzene rings is 1. The van der Waals surface area contributed by atoms with Gasteiger partial charge in [-0.25, -0.2) is 0 Å². The molecule has 0 aliphatic heterocycles. The Balaban J connectivity index is 1.96. The van der Waals surface area contributed by atoms with Crippen molar-refractivity contribution in [2.45, 2.75) is 25.4 Å². The van der Waals surface area contributed by atoms with Crippen LogP contribution >= 0.6 is 0 Å². The summed E-state index contributed by atoms with van der Waals surface area (Å²) in [4.78, 5) is 0. The summed E-state index contributed by atoms with van der Waals surface area (Å²) in [6.45, 7) is 2.07. The maximum atomic E-state index is 6.27. The molecule has 0 spiro atoms. The zero-order chi connectivity index (χ0) is 14.7. The fraction of sp³-hybridized carbons (Fsp3) is 0.235. The van der Waals surface area contributed by atoms with Crippen LogP contribution in [0.4, 0.5) is 0 Å². The Morgan fingerprint density at radius 2 is 1.95 bits per heavy atom. The highest BCUT2D eigenvalue weighted by molar-refractivity contribution is 5.61. The molecule has 0 radical (unpaired) electrons. The molecule has 2 unspecified atom stereocenters. The first kappa shape index (κ1) is 13.6. The van der Waals surface area contributed by atoms with Gasteiger partial charge in [0, 0.05) is 17.8 Å². The van der Waals surface area contributed by atoms with E-state index in [1.165, 1.54) is 0 Å². The van der Waals surface area contributed by atoms with Crippen LogP contribution in [0.3, 0.4) is 0 Å². The molecule has 0 bridgehead atoms. The normalized spacial score (nSPS) is 14.0. The highest BCUT2D eigenvalue weighted by Crippen LogP contribution is 2.26. The van der Waals surface area contributed by atoms with Gasteiger partial charge in [-0.3, -0.25) is 4.68 Å². The summed E-state index contributed by atoms with van der Waals surface area (Å²) >= 11 is 0. The van der Waals surface area contributed by atoms with E-state index in [2.05, 4.69) is 24.2 Å². The average molecular weight is 281 g/mol. The predicted molar refractivity (Wildman–Crippen MR) is 82.8 cm³/mol. The Bertz CT molecular complexity index is 673. The number of nitrogens with zero attached hydrogens (tertiary/aromatic N) is 2. The van der Waals surface area contributed by atoms with Crippen LogP contribution in [0, 0.1) is 0 Å². The SMILES string of the molecule is CCC(N)C(c1ccco1)n1cc(-c2ccccc2)cn1. The smallest absolute Gasteiger partial charge is 0.129 e. The molecule has 0 aliphatic rings. The van der Waals surface area contributed by atoms with Crippen LogP contribution in [0.25, 0.3) is 11.1 Å². The van der Waals surface area contributed by atoms with Crippen LogP contribution in [-0.4, -0.2) is 15.8 Å². The fourth-order valence-electron chi connectivity index (χ4n) is 2.49. The van der Waals surface area contributed by atoms with E-state index in [0.717, 1.165) is 23.3 Å². The van der Waals surface area contributed by atoms with Crippen molar-refractivity contribution in [3.05, 3.63) is 66.9 Å². The first-order valence-electron chi connectivity index (χ1n) is 7.18. The van der Waals surface area contributed by atoms with Crippen molar-refractivity contribution < 1.29 is 4.42 Å². The predicted octanol–water partition coefficient (Wildman–Crippen LogP) is 3.47. The second-order valence-corrected chi connectivity index (χ2v) is 5.11. The largest absolute Gasteiger partial charge is 0.467 e. The molecule has 2 atom stereocenters. The summed E-state index contributed by atoms with van der Waals surface area (Å²) in [5, 5.41) is 4.49. The van der Waals surface area contributed by atoms with Crippen molar-refractivity contribution in [3.8, 4) is 11.1 Å². The number of rotatable bonds is 5.